The molecule has 1 aromatic heterocycles. The lowest BCUT2D eigenvalue weighted by Crippen LogP contribution is -2.24. The molecule has 0 spiro atoms. The molecule has 0 saturated carbocycles. The van der Waals surface area contributed by atoms with E-state index in [-0.39, 0.29) is 18.2 Å². The zero-order chi connectivity index (χ0) is 17.1. The van der Waals surface area contributed by atoms with Gasteiger partial charge in [-0.3, -0.25) is 14.4 Å². The smallest absolute Gasteiger partial charge is 0.268 e. The maximum atomic E-state index is 12.3. The number of benzene rings is 1. The molecule has 6 nitrogen and oxygen atoms in total. The van der Waals surface area contributed by atoms with Crippen LogP contribution < -0.4 is 11.1 Å². The molecule has 0 aliphatic carbocycles. The molecule has 0 fully saturated rings. The van der Waals surface area contributed by atoms with Crippen molar-refractivity contribution < 1.29 is 14.4 Å². The van der Waals surface area contributed by atoms with Gasteiger partial charge in [0.15, 0.2) is 5.78 Å². The van der Waals surface area contributed by atoms with Gasteiger partial charge in [0.05, 0.1) is 0 Å². The lowest BCUT2D eigenvalue weighted by Gasteiger charge is -2.06. The highest BCUT2D eigenvalue weighted by atomic mass is 16.2. The Hall–Kier alpha value is -2.89. The highest BCUT2D eigenvalue weighted by molar-refractivity contribution is 6.02. The first-order valence-electron chi connectivity index (χ1n) is 7.18. The number of Topliss-reactive ketones (excluding diaryl/α,β-unsaturated/α-hetero) is 1. The van der Waals surface area contributed by atoms with E-state index in [0.717, 1.165) is 5.56 Å². The molecule has 120 valence electrons. The summed E-state index contributed by atoms with van der Waals surface area (Å²) < 4.78 is 0. The van der Waals surface area contributed by atoms with E-state index in [0.29, 0.717) is 28.1 Å². The standard InChI is InChI=1S/C17H19N3O3/c1-9-14(11(3)21)10(2)20-15(9)17(23)19-8-12-5-4-6-13(7-12)16(18)22/h4-7,20H,8H2,1-3H3,(H2,18,22)(H,19,23). The zero-order valence-corrected chi connectivity index (χ0v) is 13.3. The normalized spacial score (nSPS) is 10.4. The lowest BCUT2D eigenvalue weighted by molar-refractivity contribution is 0.0945. The van der Waals surface area contributed by atoms with E-state index in [4.69, 9.17) is 5.73 Å². The number of H-pyrrole nitrogens is 1. The van der Waals surface area contributed by atoms with Crippen LogP contribution >= 0.6 is 0 Å². The van der Waals surface area contributed by atoms with Gasteiger partial charge in [-0.05, 0) is 44.0 Å². The van der Waals surface area contributed by atoms with Crippen LogP contribution in [0.5, 0.6) is 0 Å². The quantitative estimate of drug-likeness (QED) is 0.734. The van der Waals surface area contributed by atoms with Crippen molar-refractivity contribution in [2.45, 2.75) is 27.3 Å². The van der Waals surface area contributed by atoms with Crippen LogP contribution in [0.4, 0.5) is 0 Å². The third kappa shape index (κ3) is 3.48. The van der Waals surface area contributed by atoms with Gasteiger partial charge in [-0.1, -0.05) is 12.1 Å². The van der Waals surface area contributed by atoms with Crippen molar-refractivity contribution in [2.75, 3.05) is 0 Å². The molecule has 0 radical (unpaired) electrons. The SMILES string of the molecule is CC(=O)c1c(C)[nH]c(C(=O)NCc2cccc(C(N)=O)c2)c1C. The highest BCUT2D eigenvalue weighted by Gasteiger charge is 2.19. The summed E-state index contributed by atoms with van der Waals surface area (Å²) >= 11 is 0. The minimum Gasteiger partial charge on any atom is -0.366 e. The summed E-state index contributed by atoms with van der Waals surface area (Å²) in [5, 5.41) is 2.77. The van der Waals surface area contributed by atoms with Gasteiger partial charge in [0.25, 0.3) is 5.91 Å². The molecule has 2 aromatic rings. The van der Waals surface area contributed by atoms with Gasteiger partial charge in [-0.15, -0.1) is 0 Å². The van der Waals surface area contributed by atoms with E-state index in [2.05, 4.69) is 10.3 Å². The number of nitrogens with two attached hydrogens (primary N) is 1. The Morgan fingerprint density at radius 2 is 1.91 bits per heavy atom. The summed E-state index contributed by atoms with van der Waals surface area (Å²) in [5.74, 6) is -0.896. The summed E-state index contributed by atoms with van der Waals surface area (Å²) in [6, 6.07) is 6.75. The van der Waals surface area contributed by atoms with Gasteiger partial charge in [-0.25, -0.2) is 0 Å². The minimum absolute atomic E-state index is 0.0792. The van der Waals surface area contributed by atoms with Crippen molar-refractivity contribution in [3.63, 3.8) is 0 Å². The Labute approximate surface area is 134 Å². The molecule has 6 heteroatoms. The molecule has 23 heavy (non-hydrogen) atoms. The highest BCUT2D eigenvalue weighted by Crippen LogP contribution is 2.18. The van der Waals surface area contributed by atoms with Crippen LogP contribution in [0, 0.1) is 13.8 Å². The van der Waals surface area contributed by atoms with Crippen LogP contribution in [0.1, 0.15) is 54.9 Å². The molecule has 0 atom stereocenters. The molecule has 0 saturated heterocycles. The second kappa shape index (κ2) is 6.48. The van der Waals surface area contributed by atoms with Crippen LogP contribution in [0.3, 0.4) is 0 Å². The number of carbonyl (C=O) groups excluding carboxylic acids is 3. The minimum atomic E-state index is -0.514. The molecular weight excluding hydrogens is 294 g/mol. The Morgan fingerprint density at radius 3 is 2.48 bits per heavy atom. The Balaban J connectivity index is 2.14. The molecule has 1 heterocycles. The third-order valence-electron chi connectivity index (χ3n) is 3.68. The van der Waals surface area contributed by atoms with Gasteiger partial charge >= 0.3 is 0 Å². The van der Waals surface area contributed by atoms with Crippen LogP contribution in [0.25, 0.3) is 0 Å². The van der Waals surface area contributed by atoms with Gasteiger partial charge < -0.3 is 16.0 Å². The molecule has 2 rings (SSSR count). The molecule has 0 aliphatic rings. The topological polar surface area (TPSA) is 105 Å². The van der Waals surface area contributed by atoms with E-state index in [1.165, 1.54) is 6.92 Å². The number of carbonyl (C=O) groups is 3. The van der Waals surface area contributed by atoms with Crippen LogP contribution in [0.2, 0.25) is 0 Å². The lowest BCUT2D eigenvalue weighted by atomic mass is 10.1. The van der Waals surface area contributed by atoms with Crippen molar-refractivity contribution in [1.29, 1.82) is 0 Å². The summed E-state index contributed by atoms with van der Waals surface area (Å²) in [5.41, 5.74) is 8.63. The summed E-state index contributed by atoms with van der Waals surface area (Å²) in [6.07, 6.45) is 0. The van der Waals surface area contributed by atoms with Crippen molar-refractivity contribution in [2.24, 2.45) is 5.73 Å². The first-order valence-corrected chi connectivity index (χ1v) is 7.18. The Morgan fingerprint density at radius 1 is 1.22 bits per heavy atom. The molecule has 0 aliphatic heterocycles. The van der Waals surface area contributed by atoms with Crippen molar-refractivity contribution in [3.8, 4) is 0 Å². The maximum Gasteiger partial charge on any atom is 0.268 e. The molecule has 0 bridgehead atoms. The largest absolute Gasteiger partial charge is 0.366 e. The molecular formula is C17H19N3O3. The number of hydrogen-bond acceptors (Lipinski definition) is 3. The van der Waals surface area contributed by atoms with E-state index < -0.39 is 5.91 Å². The summed E-state index contributed by atoms with van der Waals surface area (Å²) in [7, 11) is 0. The number of rotatable bonds is 5. The number of ketones is 1. The van der Waals surface area contributed by atoms with Crippen molar-refractivity contribution in [1.82, 2.24) is 10.3 Å². The van der Waals surface area contributed by atoms with Gasteiger partial charge in [0.1, 0.15) is 5.69 Å². The molecule has 4 N–H and O–H groups in total. The van der Waals surface area contributed by atoms with E-state index in [1.807, 2.05) is 0 Å². The second-order valence-corrected chi connectivity index (χ2v) is 5.43. The van der Waals surface area contributed by atoms with Crippen LogP contribution in [-0.2, 0) is 6.54 Å². The summed E-state index contributed by atoms with van der Waals surface area (Å²) in [4.78, 5) is 38.0. The van der Waals surface area contributed by atoms with Gasteiger partial charge in [-0.2, -0.15) is 0 Å². The van der Waals surface area contributed by atoms with Crippen LogP contribution in [-0.4, -0.2) is 22.6 Å². The van der Waals surface area contributed by atoms with Crippen LogP contribution in [0.15, 0.2) is 24.3 Å². The number of aromatic nitrogens is 1. The number of aryl methyl sites for hydroxylation is 1. The van der Waals surface area contributed by atoms with Gasteiger partial charge in [0.2, 0.25) is 5.91 Å². The average Bonchev–Trinajstić information content (AvgIpc) is 2.80. The number of nitrogens with one attached hydrogen (secondary N) is 2. The predicted molar refractivity (Wildman–Crippen MR) is 86.4 cm³/mol. The maximum absolute atomic E-state index is 12.3. The fraction of sp³-hybridized carbons (Fsp3) is 0.235. The fourth-order valence-electron chi connectivity index (χ4n) is 2.61. The summed E-state index contributed by atoms with van der Waals surface area (Å²) in [6.45, 7) is 5.23. The third-order valence-corrected chi connectivity index (χ3v) is 3.68. The van der Waals surface area contributed by atoms with Crippen molar-refractivity contribution in [3.05, 3.63) is 57.9 Å². The number of hydrogen-bond donors (Lipinski definition) is 3. The first-order chi connectivity index (χ1) is 10.8. The predicted octanol–water partition coefficient (Wildman–Crippen LogP) is 1.86. The van der Waals surface area contributed by atoms with Gasteiger partial charge in [0, 0.05) is 23.4 Å². The Kier molecular flexibility index (Phi) is 4.64. The van der Waals surface area contributed by atoms with E-state index >= 15 is 0 Å². The monoisotopic (exact) mass is 313 g/mol. The number of amides is 2. The fourth-order valence-corrected chi connectivity index (χ4v) is 2.61. The van der Waals surface area contributed by atoms with E-state index in [9.17, 15) is 14.4 Å². The van der Waals surface area contributed by atoms with E-state index in [1.54, 1.807) is 38.1 Å². The first kappa shape index (κ1) is 16.5. The Bertz CT molecular complexity index is 790. The average molecular weight is 313 g/mol. The zero-order valence-electron chi connectivity index (χ0n) is 13.3. The molecule has 0 unspecified atom stereocenters. The molecule has 2 amide bonds. The van der Waals surface area contributed by atoms with Crippen molar-refractivity contribution >= 4 is 17.6 Å². The number of aromatic amines is 1. The second-order valence-electron chi connectivity index (χ2n) is 5.43. The number of primary amides is 1. The molecule has 1 aromatic carbocycles.